The fraction of sp³-hybridized carbons (Fsp3) is 0.333. The average Bonchev–Trinajstić information content (AvgIpc) is 2.97. The summed E-state index contributed by atoms with van der Waals surface area (Å²) in [5, 5.41) is 3.17. The van der Waals surface area contributed by atoms with Crippen molar-refractivity contribution in [1.82, 2.24) is 5.32 Å². The summed E-state index contributed by atoms with van der Waals surface area (Å²) < 4.78 is 48.2. The Bertz CT molecular complexity index is 1660. The van der Waals surface area contributed by atoms with Gasteiger partial charge < -0.3 is 14.8 Å². The molecule has 1 amide bonds. The molecule has 8 heteroatoms. The van der Waals surface area contributed by atoms with Crippen LogP contribution in [-0.2, 0) is 4.74 Å². The Morgan fingerprint density at radius 3 is 1.81 bits per heavy atom. The van der Waals surface area contributed by atoms with Crippen molar-refractivity contribution in [3.63, 3.8) is 0 Å². The largest absolute Gasteiger partial charge is 0.573 e. The van der Waals surface area contributed by atoms with E-state index in [2.05, 4.69) is 43.0 Å². The van der Waals surface area contributed by atoms with Gasteiger partial charge in [0.1, 0.15) is 11.4 Å². The fourth-order valence-electron chi connectivity index (χ4n) is 5.98. The Morgan fingerprint density at radius 1 is 0.766 bits per heavy atom. The molecule has 0 aromatic heterocycles. The van der Waals surface area contributed by atoms with E-state index in [1.165, 1.54) is 29.8 Å². The highest BCUT2D eigenvalue weighted by Gasteiger charge is 2.32. The van der Waals surface area contributed by atoms with Crippen LogP contribution < -0.4 is 10.1 Å². The Labute approximate surface area is 275 Å². The lowest BCUT2D eigenvalue weighted by Gasteiger charge is -2.29. The van der Waals surface area contributed by atoms with Crippen molar-refractivity contribution in [1.29, 1.82) is 0 Å². The number of carbonyl (C=O) groups excluding carboxylic acids is 2. The molecule has 4 aromatic carbocycles. The van der Waals surface area contributed by atoms with Crippen LogP contribution in [0.3, 0.4) is 0 Å². The lowest BCUT2D eigenvalue weighted by atomic mass is 9.83. The van der Waals surface area contributed by atoms with Crippen LogP contribution in [0.15, 0.2) is 84.9 Å². The smallest absolute Gasteiger partial charge is 0.456 e. The predicted octanol–water partition coefficient (Wildman–Crippen LogP) is 10.2. The predicted molar refractivity (Wildman–Crippen MR) is 179 cm³/mol. The molecule has 0 saturated heterocycles. The van der Waals surface area contributed by atoms with Crippen LogP contribution in [-0.4, -0.2) is 23.8 Å². The van der Waals surface area contributed by atoms with E-state index in [0.717, 1.165) is 34.2 Å². The number of ether oxygens (including phenoxy) is 2. The normalized spacial score (nSPS) is 13.1. The van der Waals surface area contributed by atoms with Crippen LogP contribution in [0, 0.1) is 20.8 Å². The van der Waals surface area contributed by atoms with Crippen molar-refractivity contribution in [2.45, 2.75) is 85.2 Å². The summed E-state index contributed by atoms with van der Waals surface area (Å²) in [5.74, 6) is -1.37. The second kappa shape index (κ2) is 14.4. The zero-order valence-corrected chi connectivity index (χ0v) is 27.9. The molecule has 0 heterocycles. The van der Waals surface area contributed by atoms with Crippen LogP contribution in [0.4, 0.5) is 13.2 Å². The summed E-state index contributed by atoms with van der Waals surface area (Å²) >= 11 is 0. The molecule has 1 N–H and O–H groups in total. The molecular weight excluding hydrogens is 603 g/mol. The highest BCUT2D eigenvalue weighted by atomic mass is 19.4. The number of amides is 1. The molecular formula is C39H42F3NO4. The Hall–Kier alpha value is -4.59. The average molecular weight is 646 g/mol. The molecule has 2 unspecified atom stereocenters. The van der Waals surface area contributed by atoms with Crippen molar-refractivity contribution in [2.24, 2.45) is 0 Å². The number of rotatable bonds is 10. The minimum atomic E-state index is -4.82. The maximum absolute atomic E-state index is 13.8. The van der Waals surface area contributed by atoms with Gasteiger partial charge >= 0.3 is 12.3 Å². The fourth-order valence-corrected chi connectivity index (χ4v) is 5.98. The number of esters is 1. The molecule has 2 atom stereocenters. The summed E-state index contributed by atoms with van der Waals surface area (Å²) in [5.41, 5.74) is 7.29. The van der Waals surface area contributed by atoms with Crippen molar-refractivity contribution >= 4 is 11.9 Å². The van der Waals surface area contributed by atoms with Crippen LogP contribution >= 0.6 is 0 Å². The van der Waals surface area contributed by atoms with Crippen LogP contribution in [0.2, 0.25) is 0 Å². The summed E-state index contributed by atoms with van der Waals surface area (Å²) in [6, 6.07) is 23.7. The lowest BCUT2D eigenvalue weighted by Crippen LogP contribution is -2.33. The van der Waals surface area contributed by atoms with Gasteiger partial charge in [-0.05, 0) is 118 Å². The van der Waals surface area contributed by atoms with Gasteiger partial charge in [-0.1, -0.05) is 67.4 Å². The maximum atomic E-state index is 13.8. The minimum absolute atomic E-state index is 0.261. The number of hydrogen-bond acceptors (Lipinski definition) is 4. The van der Waals surface area contributed by atoms with E-state index in [1.54, 1.807) is 45.0 Å². The van der Waals surface area contributed by atoms with Gasteiger partial charge in [0.05, 0.1) is 11.6 Å². The molecule has 4 rings (SSSR count). The molecule has 0 aliphatic heterocycles. The molecule has 0 radical (unpaired) electrons. The highest BCUT2D eigenvalue weighted by molar-refractivity contribution is 5.95. The summed E-state index contributed by atoms with van der Waals surface area (Å²) in [4.78, 5) is 26.4. The number of hydrogen-bond donors (Lipinski definition) is 1. The van der Waals surface area contributed by atoms with E-state index in [9.17, 15) is 22.8 Å². The Morgan fingerprint density at radius 2 is 1.30 bits per heavy atom. The van der Waals surface area contributed by atoms with Crippen LogP contribution in [0.25, 0.3) is 11.1 Å². The van der Waals surface area contributed by atoms with E-state index < -0.39 is 24.0 Å². The molecule has 0 aliphatic rings. The van der Waals surface area contributed by atoms with Crippen molar-refractivity contribution in [3.05, 3.63) is 124 Å². The standard InChI is InChI=1S/C39H42F3NO4/c1-8-9-33(27-10-16-31(17-11-27)37(45)47-38(5,6)7)35(29-18-20-32(21-19-29)46-39(40,41)42)43-36(44)30-14-12-28(13-15-30)34-25(3)22-24(2)23-26(34)4/h10-23,33,35H,8-9H2,1-7H3,(H,43,44). The van der Waals surface area contributed by atoms with E-state index in [0.29, 0.717) is 23.1 Å². The van der Waals surface area contributed by atoms with Crippen molar-refractivity contribution < 1.29 is 32.2 Å². The first-order valence-electron chi connectivity index (χ1n) is 15.7. The van der Waals surface area contributed by atoms with Gasteiger partial charge in [0, 0.05) is 11.5 Å². The summed E-state index contributed by atoms with van der Waals surface area (Å²) in [6.07, 6.45) is -3.40. The second-order valence-corrected chi connectivity index (χ2v) is 12.9. The molecule has 4 aromatic rings. The van der Waals surface area contributed by atoms with Gasteiger partial charge in [-0.15, -0.1) is 13.2 Å². The number of carbonyl (C=O) groups is 2. The third-order valence-electron chi connectivity index (χ3n) is 7.85. The lowest BCUT2D eigenvalue weighted by molar-refractivity contribution is -0.274. The molecule has 47 heavy (non-hydrogen) atoms. The quantitative estimate of drug-likeness (QED) is 0.174. The van der Waals surface area contributed by atoms with E-state index in [4.69, 9.17) is 4.74 Å². The molecule has 0 spiro atoms. The third kappa shape index (κ3) is 9.47. The van der Waals surface area contributed by atoms with Gasteiger partial charge in [-0.2, -0.15) is 0 Å². The van der Waals surface area contributed by atoms with Gasteiger partial charge in [0.2, 0.25) is 0 Å². The monoisotopic (exact) mass is 645 g/mol. The molecule has 0 aliphatic carbocycles. The molecule has 0 saturated carbocycles. The summed E-state index contributed by atoms with van der Waals surface area (Å²) in [7, 11) is 0. The van der Waals surface area contributed by atoms with Gasteiger partial charge in [0.25, 0.3) is 5.91 Å². The highest BCUT2D eigenvalue weighted by Crippen LogP contribution is 2.37. The van der Waals surface area contributed by atoms with Gasteiger partial charge in [-0.25, -0.2) is 4.79 Å². The SMILES string of the molecule is CCCC(c1ccc(C(=O)OC(C)(C)C)cc1)C(NC(=O)c1ccc(-c2c(C)cc(C)cc2C)cc1)c1ccc(OC(F)(F)F)cc1. The molecule has 0 fully saturated rings. The van der Waals surface area contributed by atoms with E-state index in [-0.39, 0.29) is 17.6 Å². The zero-order chi connectivity index (χ0) is 34.5. The Balaban J connectivity index is 1.68. The maximum Gasteiger partial charge on any atom is 0.573 e. The molecule has 0 bridgehead atoms. The third-order valence-corrected chi connectivity index (χ3v) is 7.85. The van der Waals surface area contributed by atoms with E-state index in [1.807, 2.05) is 31.2 Å². The first-order valence-corrected chi connectivity index (χ1v) is 15.7. The first kappa shape index (κ1) is 35.3. The van der Waals surface area contributed by atoms with Crippen molar-refractivity contribution in [2.75, 3.05) is 0 Å². The molecule has 248 valence electrons. The number of nitrogens with one attached hydrogen (secondary N) is 1. The van der Waals surface area contributed by atoms with Gasteiger partial charge in [0.15, 0.2) is 0 Å². The van der Waals surface area contributed by atoms with Crippen LogP contribution in [0.5, 0.6) is 5.75 Å². The second-order valence-electron chi connectivity index (χ2n) is 12.9. The van der Waals surface area contributed by atoms with Crippen molar-refractivity contribution in [3.8, 4) is 16.9 Å². The zero-order valence-electron chi connectivity index (χ0n) is 27.9. The summed E-state index contributed by atoms with van der Waals surface area (Å²) in [6.45, 7) is 13.6. The topological polar surface area (TPSA) is 64.6 Å². The van der Waals surface area contributed by atoms with Crippen LogP contribution in [0.1, 0.15) is 101 Å². The Kier molecular flexibility index (Phi) is 10.8. The minimum Gasteiger partial charge on any atom is -0.456 e. The first-order chi connectivity index (χ1) is 22.0. The van der Waals surface area contributed by atoms with E-state index >= 15 is 0 Å². The number of aryl methyl sites for hydroxylation is 3. The van der Waals surface area contributed by atoms with Gasteiger partial charge in [-0.3, -0.25) is 4.79 Å². The number of alkyl halides is 3. The molecule has 5 nitrogen and oxygen atoms in total. The number of benzene rings is 4. The number of halogens is 3.